The van der Waals surface area contributed by atoms with Crippen LogP contribution in [0.1, 0.15) is 6.92 Å². The van der Waals surface area contributed by atoms with Gasteiger partial charge in [-0.1, -0.05) is 6.92 Å². The Kier molecular flexibility index (Phi) is 4.89. The molecule has 0 fully saturated rings. The molecule has 4 nitrogen and oxygen atoms in total. The predicted molar refractivity (Wildman–Crippen MR) is 46.3 cm³/mol. The number of carbonyl (C=O) groups is 1. The van der Waals surface area contributed by atoms with E-state index in [0.717, 1.165) is 0 Å². The minimum Gasteiger partial charge on any atom is -0.480 e. The molecule has 0 heterocycles. The smallest absolute Gasteiger partial charge is 0.321 e. The van der Waals surface area contributed by atoms with E-state index in [4.69, 9.17) is 16.2 Å². The van der Waals surface area contributed by atoms with E-state index in [0.29, 0.717) is 5.75 Å². The zero-order valence-corrected chi connectivity index (χ0v) is 7.10. The molecule has 64 valence electrons. The fourth-order valence-electron chi connectivity index (χ4n) is 0.504. The van der Waals surface area contributed by atoms with Crippen LogP contribution in [0.15, 0.2) is 0 Å². The Hall–Kier alpha value is -0.550. The van der Waals surface area contributed by atoms with Crippen LogP contribution in [0, 0.1) is 5.41 Å². The summed E-state index contributed by atoms with van der Waals surface area (Å²) in [6.07, 6.45) is 1.23. The van der Waals surface area contributed by atoms with Crippen LogP contribution in [0.3, 0.4) is 0 Å². The molecule has 0 bridgehead atoms. The second kappa shape index (κ2) is 5.15. The molecule has 0 aromatic carbocycles. The summed E-state index contributed by atoms with van der Waals surface area (Å²) in [5.41, 5.74) is 5.31. The van der Waals surface area contributed by atoms with Crippen LogP contribution in [0.2, 0.25) is 0 Å². The van der Waals surface area contributed by atoms with Crippen LogP contribution >= 0.6 is 11.8 Å². The van der Waals surface area contributed by atoms with Crippen LogP contribution in [0.4, 0.5) is 0 Å². The highest BCUT2D eigenvalue weighted by Crippen LogP contribution is 2.11. The maximum Gasteiger partial charge on any atom is 0.321 e. The number of carboxylic acids is 1. The number of nitrogens with two attached hydrogens (primary N) is 1. The summed E-state index contributed by atoms with van der Waals surface area (Å²) in [6, 6.07) is -0.833. The quantitative estimate of drug-likeness (QED) is 0.521. The molecule has 4 N–H and O–H groups in total. The molecule has 5 heteroatoms. The minimum absolute atomic E-state index is 0.144. The first kappa shape index (κ1) is 10.4. The molecular weight excluding hydrogens is 164 g/mol. The van der Waals surface area contributed by atoms with Crippen LogP contribution in [-0.2, 0) is 4.79 Å². The Labute approximate surface area is 69.7 Å². The van der Waals surface area contributed by atoms with Gasteiger partial charge in [-0.25, -0.2) is 0 Å². The highest BCUT2D eigenvalue weighted by molar-refractivity contribution is 8.00. The Morgan fingerprint density at radius 3 is 2.82 bits per heavy atom. The van der Waals surface area contributed by atoms with Gasteiger partial charge in [0.1, 0.15) is 6.04 Å². The average Bonchev–Trinajstić information content (AvgIpc) is 1.98. The Morgan fingerprint density at radius 1 is 1.91 bits per heavy atom. The first-order valence-corrected chi connectivity index (χ1v) is 4.23. The van der Waals surface area contributed by atoms with Gasteiger partial charge in [0, 0.05) is 17.2 Å². The number of hydrogen-bond acceptors (Lipinski definition) is 4. The second-order valence-corrected chi connectivity index (χ2v) is 3.52. The van der Waals surface area contributed by atoms with Gasteiger partial charge in [-0.15, -0.1) is 0 Å². The van der Waals surface area contributed by atoms with Crippen LogP contribution in [0.25, 0.3) is 0 Å². The third kappa shape index (κ3) is 4.00. The molecule has 0 spiro atoms. The molecule has 2 atom stereocenters. The summed E-state index contributed by atoms with van der Waals surface area (Å²) in [5.74, 6) is -0.475. The fourth-order valence-corrected chi connectivity index (χ4v) is 1.23. The van der Waals surface area contributed by atoms with E-state index in [1.165, 1.54) is 18.0 Å². The lowest BCUT2D eigenvalue weighted by Crippen LogP contribution is -2.38. The molecule has 0 amide bonds. The monoisotopic (exact) mass is 176 g/mol. The van der Waals surface area contributed by atoms with Crippen molar-refractivity contribution in [1.82, 2.24) is 0 Å². The Morgan fingerprint density at radius 2 is 2.45 bits per heavy atom. The lowest BCUT2D eigenvalue weighted by molar-refractivity contribution is -0.138. The largest absolute Gasteiger partial charge is 0.480 e. The zero-order chi connectivity index (χ0) is 8.85. The molecule has 0 aliphatic carbocycles. The molecule has 0 rings (SSSR count). The number of carboxylic acid groups (broad SMARTS) is 1. The zero-order valence-electron chi connectivity index (χ0n) is 6.28. The average molecular weight is 176 g/mol. The molecule has 0 radical (unpaired) electrons. The molecule has 1 unspecified atom stereocenters. The Bertz CT molecular complexity index is 152. The van der Waals surface area contributed by atoms with Crippen molar-refractivity contribution in [2.75, 3.05) is 5.75 Å². The normalized spacial score (nSPS) is 15.5. The predicted octanol–water partition coefficient (Wildman–Crippen LogP) is 0.170. The van der Waals surface area contributed by atoms with Gasteiger partial charge in [0.25, 0.3) is 0 Å². The van der Waals surface area contributed by atoms with E-state index in [1.807, 2.05) is 0 Å². The summed E-state index contributed by atoms with van der Waals surface area (Å²) in [7, 11) is 0. The van der Waals surface area contributed by atoms with E-state index in [9.17, 15) is 4.79 Å². The first-order chi connectivity index (χ1) is 5.09. The summed E-state index contributed by atoms with van der Waals surface area (Å²) >= 11 is 1.36. The number of hydrogen-bond donors (Lipinski definition) is 3. The number of rotatable bonds is 5. The maximum atomic E-state index is 10.3. The number of thioether (sulfide) groups is 1. The molecule has 0 aromatic heterocycles. The summed E-state index contributed by atoms with van der Waals surface area (Å²) < 4.78 is 0. The lowest BCUT2D eigenvalue weighted by Gasteiger charge is -2.13. The summed E-state index contributed by atoms with van der Waals surface area (Å²) in [6.45, 7) is 1.74. The summed E-state index contributed by atoms with van der Waals surface area (Å²) in [5, 5.41) is 15.0. The standard InChI is InChI=1S/C6H12N2O2S/c1-4(11-3-2-7)5(8)6(9)10/h2,4-5,7H,3,8H2,1H3,(H,9,10)/t4?,5-/m1/s1. The third-order valence-electron chi connectivity index (χ3n) is 1.23. The molecule has 0 aliphatic heterocycles. The van der Waals surface area contributed by atoms with E-state index in [1.54, 1.807) is 6.92 Å². The van der Waals surface area contributed by atoms with Crippen molar-refractivity contribution >= 4 is 23.9 Å². The van der Waals surface area contributed by atoms with Crippen molar-refractivity contribution < 1.29 is 9.90 Å². The van der Waals surface area contributed by atoms with E-state index >= 15 is 0 Å². The highest BCUT2D eigenvalue weighted by atomic mass is 32.2. The van der Waals surface area contributed by atoms with Crippen LogP contribution in [-0.4, -0.2) is 34.3 Å². The molecule has 11 heavy (non-hydrogen) atoms. The highest BCUT2D eigenvalue weighted by Gasteiger charge is 2.19. The maximum absolute atomic E-state index is 10.3. The number of aliphatic carboxylic acids is 1. The van der Waals surface area contributed by atoms with Gasteiger partial charge < -0.3 is 16.2 Å². The van der Waals surface area contributed by atoms with Crippen molar-refractivity contribution in [3.63, 3.8) is 0 Å². The Balaban J connectivity index is 3.72. The van der Waals surface area contributed by atoms with Gasteiger partial charge in [0.2, 0.25) is 0 Å². The van der Waals surface area contributed by atoms with E-state index in [-0.39, 0.29) is 5.25 Å². The summed E-state index contributed by atoms with van der Waals surface area (Å²) in [4.78, 5) is 10.3. The molecule has 0 saturated carbocycles. The minimum atomic E-state index is -0.991. The van der Waals surface area contributed by atoms with Crippen molar-refractivity contribution in [3.8, 4) is 0 Å². The van der Waals surface area contributed by atoms with Gasteiger partial charge in [0.15, 0.2) is 0 Å². The van der Waals surface area contributed by atoms with Crippen LogP contribution in [0.5, 0.6) is 0 Å². The molecule has 0 saturated heterocycles. The SMILES string of the molecule is CC(SCC=N)[C@@H](N)C(=O)O. The molecular formula is C6H12N2O2S. The second-order valence-electron chi connectivity index (χ2n) is 2.11. The molecule has 0 aromatic rings. The fraction of sp³-hybridized carbons (Fsp3) is 0.667. The van der Waals surface area contributed by atoms with Gasteiger partial charge >= 0.3 is 5.97 Å². The first-order valence-electron chi connectivity index (χ1n) is 3.18. The van der Waals surface area contributed by atoms with Crippen molar-refractivity contribution in [3.05, 3.63) is 0 Å². The van der Waals surface area contributed by atoms with Gasteiger partial charge in [0.05, 0.1) is 0 Å². The van der Waals surface area contributed by atoms with Crippen molar-refractivity contribution in [2.45, 2.75) is 18.2 Å². The topological polar surface area (TPSA) is 87.2 Å². The van der Waals surface area contributed by atoms with Gasteiger partial charge in [-0.05, 0) is 0 Å². The van der Waals surface area contributed by atoms with E-state index < -0.39 is 12.0 Å². The van der Waals surface area contributed by atoms with Crippen molar-refractivity contribution in [1.29, 1.82) is 5.41 Å². The van der Waals surface area contributed by atoms with Crippen molar-refractivity contribution in [2.24, 2.45) is 5.73 Å². The third-order valence-corrected chi connectivity index (χ3v) is 2.41. The van der Waals surface area contributed by atoms with Gasteiger partial charge in [-0.2, -0.15) is 11.8 Å². The lowest BCUT2D eigenvalue weighted by atomic mass is 10.2. The van der Waals surface area contributed by atoms with Crippen LogP contribution < -0.4 is 5.73 Å². The van der Waals surface area contributed by atoms with E-state index in [2.05, 4.69) is 0 Å². The number of nitrogens with one attached hydrogen (secondary N) is 1. The van der Waals surface area contributed by atoms with Gasteiger partial charge in [-0.3, -0.25) is 4.79 Å². The molecule has 0 aliphatic rings.